The molecule has 0 aliphatic heterocycles. The average Bonchev–Trinajstić information content (AvgIpc) is 3.19. The Bertz CT molecular complexity index is 907. The van der Waals surface area contributed by atoms with Crippen molar-refractivity contribution in [1.29, 1.82) is 0 Å². The Morgan fingerprint density at radius 3 is 2.50 bits per heavy atom. The summed E-state index contributed by atoms with van der Waals surface area (Å²) in [7, 11) is -3.63. The van der Waals surface area contributed by atoms with E-state index in [4.69, 9.17) is 4.74 Å². The molecule has 150 valence electrons. The summed E-state index contributed by atoms with van der Waals surface area (Å²) in [5.74, 6) is 0.358. The number of hydrogen-bond donors (Lipinski definition) is 2. The van der Waals surface area contributed by atoms with Crippen molar-refractivity contribution < 1.29 is 17.9 Å². The van der Waals surface area contributed by atoms with Crippen LogP contribution in [0.25, 0.3) is 0 Å². The second kappa shape index (κ2) is 9.21. The van der Waals surface area contributed by atoms with E-state index in [1.54, 1.807) is 19.1 Å². The zero-order valence-electron chi connectivity index (χ0n) is 16.0. The summed E-state index contributed by atoms with van der Waals surface area (Å²) in [6, 6.07) is 14.2. The van der Waals surface area contributed by atoms with E-state index in [9.17, 15) is 13.2 Å². The Hall–Kier alpha value is -2.38. The molecule has 6 nitrogen and oxygen atoms in total. The second-order valence-electron chi connectivity index (χ2n) is 7.08. The van der Waals surface area contributed by atoms with Crippen LogP contribution in [-0.2, 0) is 21.4 Å². The molecule has 0 atom stereocenters. The molecular weight excluding hydrogens is 376 g/mol. The number of amides is 1. The van der Waals surface area contributed by atoms with Crippen molar-refractivity contribution in [3.63, 3.8) is 0 Å². The molecular formula is C21H26N2O4S. The molecule has 2 aromatic rings. The van der Waals surface area contributed by atoms with Gasteiger partial charge in [0.05, 0.1) is 4.90 Å². The van der Waals surface area contributed by atoms with E-state index in [0.717, 1.165) is 31.2 Å². The van der Waals surface area contributed by atoms with Gasteiger partial charge in [-0.3, -0.25) is 4.79 Å². The molecule has 1 amide bonds. The maximum Gasteiger partial charge on any atom is 0.258 e. The van der Waals surface area contributed by atoms with Crippen LogP contribution >= 0.6 is 0 Å². The minimum absolute atomic E-state index is 0.0737. The lowest BCUT2D eigenvalue weighted by atomic mass is 10.2. The number of hydrogen-bond acceptors (Lipinski definition) is 4. The highest BCUT2D eigenvalue weighted by Crippen LogP contribution is 2.22. The average molecular weight is 403 g/mol. The van der Waals surface area contributed by atoms with Gasteiger partial charge in [0.15, 0.2) is 6.61 Å². The van der Waals surface area contributed by atoms with Gasteiger partial charge in [0, 0.05) is 12.6 Å². The monoisotopic (exact) mass is 402 g/mol. The van der Waals surface area contributed by atoms with Crippen LogP contribution in [0, 0.1) is 6.92 Å². The topological polar surface area (TPSA) is 84.5 Å². The van der Waals surface area contributed by atoms with Crippen LogP contribution in [0.5, 0.6) is 5.75 Å². The molecule has 0 saturated heterocycles. The first kappa shape index (κ1) is 20.4. The Morgan fingerprint density at radius 2 is 1.82 bits per heavy atom. The number of carbonyl (C=O) groups excluding carboxylic acids is 1. The van der Waals surface area contributed by atoms with Gasteiger partial charge in [0.25, 0.3) is 5.91 Å². The van der Waals surface area contributed by atoms with E-state index in [0.29, 0.717) is 11.3 Å². The standard InChI is InChI=1S/C21H26N2O4S/c1-16-13-19(28(25,26)22-14-17-7-3-2-4-8-17)11-12-20(16)27-15-21(24)23-18-9-5-6-10-18/h2-4,7-8,11-13,18,22H,5-6,9-10,14-15H2,1H3,(H,23,24). The summed E-state index contributed by atoms with van der Waals surface area (Å²) >= 11 is 0. The number of sulfonamides is 1. The first-order valence-corrected chi connectivity index (χ1v) is 11.0. The minimum Gasteiger partial charge on any atom is -0.484 e. The quantitative estimate of drug-likeness (QED) is 0.711. The van der Waals surface area contributed by atoms with E-state index < -0.39 is 10.0 Å². The minimum atomic E-state index is -3.63. The molecule has 1 aliphatic carbocycles. The molecule has 7 heteroatoms. The zero-order valence-corrected chi connectivity index (χ0v) is 16.8. The first-order valence-electron chi connectivity index (χ1n) is 9.50. The highest BCUT2D eigenvalue weighted by Gasteiger charge is 2.18. The van der Waals surface area contributed by atoms with E-state index in [-0.39, 0.29) is 30.0 Å². The fraction of sp³-hybridized carbons (Fsp3) is 0.381. The highest BCUT2D eigenvalue weighted by molar-refractivity contribution is 7.89. The van der Waals surface area contributed by atoms with Crippen LogP contribution in [0.4, 0.5) is 0 Å². The highest BCUT2D eigenvalue weighted by atomic mass is 32.2. The molecule has 0 spiro atoms. The molecule has 0 radical (unpaired) electrons. The number of carbonyl (C=O) groups is 1. The molecule has 28 heavy (non-hydrogen) atoms. The van der Waals surface area contributed by atoms with Gasteiger partial charge in [-0.2, -0.15) is 0 Å². The lowest BCUT2D eigenvalue weighted by Gasteiger charge is -2.14. The van der Waals surface area contributed by atoms with Crippen LogP contribution in [0.15, 0.2) is 53.4 Å². The van der Waals surface area contributed by atoms with Crippen molar-refractivity contribution in [2.24, 2.45) is 0 Å². The van der Waals surface area contributed by atoms with Gasteiger partial charge in [-0.25, -0.2) is 13.1 Å². The predicted octanol–water partition coefficient (Wildman–Crippen LogP) is 2.91. The lowest BCUT2D eigenvalue weighted by molar-refractivity contribution is -0.123. The molecule has 1 aliphatic rings. The SMILES string of the molecule is Cc1cc(S(=O)(=O)NCc2ccccc2)ccc1OCC(=O)NC1CCCC1. The third-order valence-corrected chi connectivity index (χ3v) is 6.24. The molecule has 2 N–H and O–H groups in total. The van der Waals surface area contributed by atoms with Gasteiger partial charge in [0.2, 0.25) is 10.0 Å². The zero-order chi connectivity index (χ0) is 20.0. The summed E-state index contributed by atoms with van der Waals surface area (Å²) in [4.78, 5) is 12.2. The Balaban J connectivity index is 1.57. The largest absolute Gasteiger partial charge is 0.484 e. The molecule has 3 rings (SSSR count). The lowest BCUT2D eigenvalue weighted by Crippen LogP contribution is -2.36. The smallest absolute Gasteiger partial charge is 0.258 e. The summed E-state index contributed by atoms with van der Waals surface area (Å²) in [5, 5.41) is 2.97. The van der Waals surface area contributed by atoms with Crippen molar-refractivity contribution in [2.75, 3.05) is 6.61 Å². The molecule has 1 fully saturated rings. The Kier molecular flexibility index (Phi) is 6.70. The maximum atomic E-state index is 12.5. The van der Waals surface area contributed by atoms with E-state index in [1.165, 1.54) is 6.07 Å². The fourth-order valence-electron chi connectivity index (χ4n) is 3.29. The van der Waals surface area contributed by atoms with Crippen LogP contribution in [-0.4, -0.2) is 27.0 Å². The summed E-state index contributed by atoms with van der Waals surface area (Å²) < 4.78 is 33.2. The summed E-state index contributed by atoms with van der Waals surface area (Å²) in [6.07, 6.45) is 4.35. The Morgan fingerprint density at radius 1 is 1.11 bits per heavy atom. The number of rotatable bonds is 8. The third-order valence-electron chi connectivity index (χ3n) is 4.84. The van der Waals surface area contributed by atoms with Gasteiger partial charge >= 0.3 is 0 Å². The first-order chi connectivity index (χ1) is 13.4. The van der Waals surface area contributed by atoms with E-state index in [2.05, 4.69) is 10.0 Å². The number of aryl methyl sites for hydroxylation is 1. The number of ether oxygens (including phenoxy) is 1. The second-order valence-corrected chi connectivity index (χ2v) is 8.84. The summed E-state index contributed by atoms with van der Waals surface area (Å²) in [5.41, 5.74) is 1.55. The van der Waals surface area contributed by atoms with Crippen molar-refractivity contribution in [1.82, 2.24) is 10.0 Å². The molecule has 0 heterocycles. The third kappa shape index (κ3) is 5.56. The van der Waals surface area contributed by atoms with E-state index >= 15 is 0 Å². The molecule has 2 aromatic carbocycles. The van der Waals surface area contributed by atoms with Gasteiger partial charge in [0.1, 0.15) is 5.75 Å². The normalized spacial score (nSPS) is 14.8. The maximum absolute atomic E-state index is 12.5. The molecule has 0 bridgehead atoms. The Labute approximate surface area is 166 Å². The molecule has 1 saturated carbocycles. The van der Waals surface area contributed by atoms with Gasteiger partial charge in [-0.1, -0.05) is 43.2 Å². The van der Waals surface area contributed by atoms with Gasteiger partial charge in [-0.05, 0) is 49.1 Å². The number of benzene rings is 2. The summed E-state index contributed by atoms with van der Waals surface area (Å²) in [6.45, 7) is 1.91. The van der Waals surface area contributed by atoms with Crippen LogP contribution in [0.1, 0.15) is 36.8 Å². The van der Waals surface area contributed by atoms with E-state index in [1.807, 2.05) is 30.3 Å². The van der Waals surface area contributed by atoms with Crippen molar-refractivity contribution in [3.05, 3.63) is 59.7 Å². The van der Waals surface area contributed by atoms with Gasteiger partial charge in [-0.15, -0.1) is 0 Å². The van der Waals surface area contributed by atoms with Crippen molar-refractivity contribution in [3.8, 4) is 5.75 Å². The van der Waals surface area contributed by atoms with Crippen LogP contribution in [0.2, 0.25) is 0 Å². The van der Waals surface area contributed by atoms with Crippen molar-refractivity contribution in [2.45, 2.75) is 50.1 Å². The van der Waals surface area contributed by atoms with Crippen LogP contribution < -0.4 is 14.8 Å². The van der Waals surface area contributed by atoms with Gasteiger partial charge < -0.3 is 10.1 Å². The molecule has 0 aromatic heterocycles. The van der Waals surface area contributed by atoms with Crippen molar-refractivity contribution >= 4 is 15.9 Å². The number of nitrogens with one attached hydrogen (secondary N) is 2. The molecule has 0 unspecified atom stereocenters. The predicted molar refractivity (Wildman–Crippen MR) is 108 cm³/mol. The van der Waals surface area contributed by atoms with Crippen LogP contribution in [0.3, 0.4) is 0 Å². The fourth-order valence-corrected chi connectivity index (χ4v) is 4.39.